The van der Waals surface area contributed by atoms with Crippen LogP contribution < -0.4 is 10.1 Å². The number of halogens is 1. The number of nitrogens with zero attached hydrogens (tertiary/aromatic N) is 3. The highest BCUT2D eigenvalue weighted by Gasteiger charge is 2.14. The Morgan fingerprint density at radius 3 is 2.83 bits per heavy atom. The summed E-state index contributed by atoms with van der Waals surface area (Å²) in [6, 6.07) is 11.5. The molecule has 0 atom stereocenters. The lowest BCUT2D eigenvalue weighted by Crippen LogP contribution is -2.11. The second-order valence-corrected chi connectivity index (χ2v) is 7.94. The fourth-order valence-electron chi connectivity index (χ4n) is 2.67. The summed E-state index contributed by atoms with van der Waals surface area (Å²) in [5, 5.41) is 12.3. The summed E-state index contributed by atoms with van der Waals surface area (Å²) in [4.78, 5) is 21.0. The molecular formula is C20H16FN5O2S2. The summed E-state index contributed by atoms with van der Waals surface area (Å²) in [6.07, 6.45) is 1.46. The number of methoxy groups -OCH3 is 1. The number of thiazole rings is 1. The predicted octanol–water partition coefficient (Wildman–Crippen LogP) is 4.62. The van der Waals surface area contributed by atoms with Gasteiger partial charge < -0.3 is 4.74 Å². The number of carbonyl (C=O) groups is 1. The van der Waals surface area contributed by atoms with E-state index in [1.807, 2.05) is 12.1 Å². The number of benzene rings is 2. The van der Waals surface area contributed by atoms with Crippen LogP contribution in [-0.2, 0) is 5.75 Å². The zero-order valence-corrected chi connectivity index (χ0v) is 17.4. The maximum absolute atomic E-state index is 13.6. The van der Waals surface area contributed by atoms with Gasteiger partial charge in [0, 0.05) is 22.3 Å². The number of aromatic amines is 1. The molecule has 0 fully saturated rings. The SMILES string of the molecule is COc1ccc(F)cc1-c1csc(NC(=O)c2ccc(CSc3ncn[nH]3)cc2)n1. The van der Waals surface area contributed by atoms with E-state index in [2.05, 4.69) is 25.5 Å². The van der Waals surface area contributed by atoms with E-state index in [1.54, 1.807) is 23.6 Å². The molecule has 30 heavy (non-hydrogen) atoms. The topological polar surface area (TPSA) is 92.8 Å². The van der Waals surface area contributed by atoms with Gasteiger partial charge in [0.2, 0.25) is 0 Å². The van der Waals surface area contributed by atoms with Crippen molar-refractivity contribution in [1.82, 2.24) is 20.2 Å². The lowest BCUT2D eigenvalue weighted by Gasteiger charge is -2.06. The Bertz CT molecular complexity index is 1150. The van der Waals surface area contributed by atoms with Gasteiger partial charge in [0.05, 0.1) is 12.8 Å². The Morgan fingerprint density at radius 2 is 2.10 bits per heavy atom. The molecule has 1 amide bonds. The van der Waals surface area contributed by atoms with Gasteiger partial charge in [-0.05, 0) is 35.9 Å². The van der Waals surface area contributed by atoms with Crippen molar-refractivity contribution in [2.24, 2.45) is 0 Å². The normalized spacial score (nSPS) is 10.7. The van der Waals surface area contributed by atoms with Gasteiger partial charge in [-0.2, -0.15) is 5.10 Å². The molecule has 2 aromatic carbocycles. The number of nitrogens with one attached hydrogen (secondary N) is 2. The highest BCUT2D eigenvalue weighted by Crippen LogP contribution is 2.33. The molecule has 2 aromatic heterocycles. The molecule has 0 aliphatic heterocycles. The maximum atomic E-state index is 13.6. The fraction of sp³-hybridized carbons (Fsp3) is 0.100. The van der Waals surface area contributed by atoms with Gasteiger partial charge >= 0.3 is 0 Å². The zero-order chi connectivity index (χ0) is 20.9. The van der Waals surface area contributed by atoms with Crippen molar-refractivity contribution in [3.8, 4) is 17.0 Å². The van der Waals surface area contributed by atoms with Crippen molar-refractivity contribution >= 4 is 34.1 Å². The smallest absolute Gasteiger partial charge is 0.257 e. The fourth-order valence-corrected chi connectivity index (χ4v) is 4.11. The minimum Gasteiger partial charge on any atom is -0.496 e. The maximum Gasteiger partial charge on any atom is 0.257 e. The molecule has 0 saturated carbocycles. The van der Waals surface area contributed by atoms with Crippen LogP contribution in [0.2, 0.25) is 0 Å². The van der Waals surface area contributed by atoms with Crippen LogP contribution in [0.5, 0.6) is 5.75 Å². The molecule has 0 spiro atoms. The van der Waals surface area contributed by atoms with Crippen LogP contribution in [0.4, 0.5) is 9.52 Å². The summed E-state index contributed by atoms with van der Waals surface area (Å²) in [5.74, 6) is 0.573. The number of hydrogen-bond acceptors (Lipinski definition) is 7. The van der Waals surface area contributed by atoms with Crippen molar-refractivity contribution in [2.75, 3.05) is 12.4 Å². The van der Waals surface area contributed by atoms with Crippen LogP contribution in [0.25, 0.3) is 11.3 Å². The second-order valence-electron chi connectivity index (χ2n) is 6.11. The third-order valence-electron chi connectivity index (χ3n) is 4.15. The predicted molar refractivity (Wildman–Crippen MR) is 114 cm³/mol. The molecule has 2 heterocycles. The third-order valence-corrected chi connectivity index (χ3v) is 5.85. The molecular weight excluding hydrogens is 425 g/mol. The highest BCUT2D eigenvalue weighted by molar-refractivity contribution is 7.98. The van der Waals surface area contributed by atoms with Gasteiger partial charge in [-0.1, -0.05) is 23.9 Å². The first-order valence-electron chi connectivity index (χ1n) is 8.80. The molecule has 0 bridgehead atoms. The van der Waals surface area contributed by atoms with Gasteiger partial charge in [-0.3, -0.25) is 15.2 Å². The molecule has 10 heteroatoms. The van der Waals surface area contributed by atoms with E-state index < -0.39 is 0 Å². The van der Waals surface area contributed by atoms with E-state index in [0.29, 0.717) is 33.5 Å². The van der Waals surface area contributed by atoms with Crippen LogP contribution in [0, 0.1) is 5.82 Å². The second kappa shape index (κ2) is 9.06. The van der Waals surface area contributed by atoms with Gasteiger partial charge in [0.1, 0.15) is 17.9 Å². The Balaban J connectivity index is 1.41. The molecule has 152 valence electrons. The Labute approximate surface area is 179 Å². The van der Waals surface area contributed by atoms with Crippen LogP contribution in [0.1, 0.15) is 15.9 Å². The van der Waals surface area contributed by atoms with E-state index in [1.165, 1.54) is 48.7 Å². The number of anilines is 1. The largest absolute Gasteiger partial charge is 0.496 e. The molecule has 2 N–H and O–H groups in total. The molecule has 4 rings (SSSR count). The minimum absolute atomic E-state index is 0.267. The van der Waals surface area contributed by atoms with Crippen LogP contribution in [-0.4, -0.2) is 33.2 Å². The first-order chi connectivity index (χ1) is 14.6. The van der Waals surface area contributed by atoms with Crippen molar-refractivity contribution in [1.29, 1.82) is 0 Å². The summed E-state index contributed by atoms with van der Waals surface area (Å²) in [5.41, 5.74) is 2.64. The number of rotatable bonds is 7. The van der Waals surface area contributed by atoms with Crippen LogP contribution in [0.15, 0.2) is 59.3 Å². The van der Waals surface area contributed by atoms with E-state index in [-0.39, 0.29) is 11.7 Å². The van der Waals surface area contributed by atoms with Gasteiger partial charge in [0.25, 0.3) is 5.91 Å². The molecule has 0 saturated heterocycles. The number of amides is 1. The average Bonchev–Trinajstić information content (AvgIpc) is 3.45. The monoisotopic (exact) mass is 441 g/mol. The number of aromatic nitrogens is 4. The molecule has 0 aliphatic carbocycles. The number of ether oxygens (including phenoxy) is 1. The van der Waals surface area contributed by atoms with Crippen molar-refractivity contribution < 1.29 is 13.9 Å². The van der Waals surface area contributed by atoms with E-state index in [4.69, 9.17) is 4.74 Å². The molecule has 7 nitrogen and oxygen atoms in total. The standard InChI is InChI=1S/C20H16FN5O2S2/c1-28-17-7-6-14(21)8-15(17)16-10-30-20(24-16)25-18(27)13-4-2-12(3-5-13)9-29-19-22-11-23-26-19/h2-8,10-11H,9H2,1H3,(H,22,23,26)(H,24,25,27). The molecule has 0 radical (unpaired) electrons. The number of thioether (sulfide) groups is 1. The summed E-state index contributed by atoms with van der Waals surface area (Å²) < 4.78 is 18.9. The van der Waals surface area contributed by atoms with Crippen molar-refractivity contribution in [3.05, 3.63) is 71.1 Å². The lowest BCUT2D eigenvalue weighted by atomic mass is 10.1. The molecule has 0 unspecified atom stereocenters. The third kappa shape index (κ3) is 4.66. The number of hydrogen-bond donors (Lipinski definition) is 2. The summed E-state index contributed by atoms with van der Waals surface area (Å²) >= 11 is 2.79. The summed E-state index contributed by atoms with van der Waals surface area (Å²) in [6.45, 7) is 0. The van der Waals surface area contributed by atoms with Gasteiger partial charge in [-0.15, -0.1) is 11.3 Å². The number of H-pyrrole nitrogens is 1. The zero-order valence-electron chi connectivity index (χ0n) is 15.8. The van der Waals surface area contributed by atoms with Gasteiger partial charge in [0.15, 0.2) is 10.3 Å². The first-order valence-corrected chi connectivity index (χ1v) is 10.7. The van der Waals surface area contributed by atoms with Crippen LogP contribution >= 0.6 is 23.1 Å². The highest BCUT2D eigenvalue weighted by atomic mass is 32.2. The van der Waals surface area contributed by atoms with Crippen LogP contribution in [0.3, 0.4) is 0 Å². The van der Waals surface area contributed by atoms with E-state index >= 15 is 0 Å². The number of carbonyl (C=O) groups excluding carboxylic acids is 1. The van der Waals surface area contributed by atoms with E-state index in [0.717, 1.165) is 10.7 Å². The summed E-state index contributed by atoms with van der Waals surface area (Å²) in [7, 11) is 1.51. The lowest BCUT2D eigenvalue weighted by molar-refractivity contribution is 0.102. The Hall–Kier alpha value is -3.24. The van der Waals surface area contributed by atoms with E-state index in [9.17, 15) is 9.18 Å². The molecule has 4 aromatic rings. The van der Waals surface area contributed by atoms with Gasteiger partial charge in [-0.25, -0.2) is 14.4 Å². The first kappa shape index (κ1) is 20.0. The Morgan fingerprint density at radius 1 is 1.27 bits per heavy atom. The molecule has 0 aliphatic rings. The van der Waals surface area contributed by atoms with Crippen molar-refractivity contribution in [3.63, 3.8) is 0 Å². The quantitative estimate of drug-likeness (QED) is 0.407. The minimum atomic E-state index is -0.383. The Kier molecular flexibility index (Phi) is 6.05. The van der Waals surface area contributed by atoms with Crippen molar-refractivity contribution in [2.45, 2.75) is 10.9 Å². The average molecular weight is 442 g/mol.